The van der Waals surface area contributed by atoms with Gasteiger partial charge < -0.3 is 15.2 Å². The number of anilines is 1. The molecule has 0 aliphatic rings. The molecule has 0 aliphatic heterocycles. The lowest BCUT2D eigenvalue weighted by Gasteiger charge is -2.09. The number of ether oxygens (including phenoxy) is 2. The molecule has 5 heteroatoms. The Morgan fingerprint density at radius 2 is 1.85 bits per heavy atom. The molecule has 0 aromatic heterocycles. The van der Waals surface area contributed by atoms with Crippen molar-refractivity contribution in [3.8, 4) is 11.5 Å². The van der Waals surface area contributed by atoms with Crippen LogP contribution in [0.5, 0.6) is 11.5 Å². The monoisotopic (exact) mass is 355 g/mol. The summed E-state index contributed by atoms with van der Waals surface area (Å²) >= 11 is 9.41. The number of nitrogen functional groups attached to an aromatic ring is 1. The van der Waals surface area contributed by atoms with Gasteiger partial charge in [0.1, 0.15) is 11.5 Å². The van der Waals surface area contributed by atoms with Crippen LogP contribution in [0.2, 0.25) is 5.02 Å². The van der Waals surface area contributed by atoms with Crippen molar-refractivity contribution < 1.29 is 9.47 Å². The van der Waals surface area contributed by atoms with E-state index in [1.807, 2.05) is 30.3 Å². The van der Waals surface area contributed by atoms with Crippen LogP contribution in [0.3, 0.4) is 0 Å². The molecule has 0 saturated carbocycles. The van der Waals surface area contributed by atoms with E-state index < -0.39 is 0 Å². The van der Waals surface area contributed by atoms with Crippen LogP contribution < -0.4 is 15.2 Å². The summed E-state index contributed by atoms with van der Waals surface area (Å²) in [5.74, 6) is 1.44. The van der Waals surface area contributed by atoms with E-state index in [2.05, 4.69) is 15.9 Å². The molecule has 0 heterocycles. The molecule has 0 spiro atoms. The average Bonchev–Trinajstić information content (AvgIpc) is 2.42. The van der Waals surface area contributed by atoms with Gasteiger partial charge in [-0.05, 0) is 30.3 Å². The first kappa shape index (κ1) is 15.0. The standard InChI is InChI=1S/C15H15BrClNO2/c16-11-5-6-14(17)15(9-11)20-8-2-7-19-13-4-1-3-12(18)10-13/h1,3-6,9-10H,2,7-8,18H2. The fraction of sp³-hybridized carbons (Fsp3) is 0.200. The number of hydrogen-bond acceptors (Lipinski definition) is 3. The molecular formula is C15H15BrClNO2. The number of halogens is 2. The Morgan fingerprint density at radius 1 is 1.05 bits per heavy atom. The number of hydrogen-bond donors (Lipinski definition) is 1. The Morgan fingerprint density at radius 3 is 2.65 bits per heavy atom. The largest absolute Gasteiger partial charge is 0.493 e. The van der Waals surface area contributed by atoms with Gasteiger partial charge in [0.15, 0.2) is 0 Å². The molecule has 2 aromatic carbocycles. The summed E-state index contributed by atoms with van der Waals surface area (Å²) in [6, 6.07) is 12.9. The molecule has 0 amide bonds. The molecule has 0 aliphatic carbocycles. The molecule has 0 fully saturated rings. The lowest BCUT2D eigenvalue weighted by atomic mass is 10.3. The Kier molecular flexibility index (Phi) is 5.56. The number of rotatable bonds is 6. The zero-order valence-electron chi connectivity index (χ0n) is 10.8. The van der Waals surface area contributed by atoms with Gasteiger partial charge in [-0.1, -0.05) is 33.6 Å². The van der Waals surface area contributed by atoms with Gasteiger partial charge >= 0.3 is 0 Å². The van der Waals surface area contributed by atoms with Gasteiger partial charge in [-0.15, -0.1) is 0 Å². The van der Waals surface area contributed by atoms with Gasteiger partial charge in [0.05, 0.1) is 18.2 Å². The van der Waals surface area contributed by atoms with Crippen LogP contribution in [0.15, 0.2) is 46.9 Å². The minimum absolute atomic E-state index is 0.540. The highest BCUT2D eigenvalue weighted by molar-refractivity contribution is 9.10. The molecule has 2 aromatic rings. The van der Waals surface area contributed by atoms with Crippen LogP contribution >= 0.6 is 27.5 Å². The normalized spacial score (nSPS) is 10.3. The predicted molar refractivity (Wildman–Crippen MR) is 85.6 cm³/mol. The molecule has 0 atom stereocenters. The molecule has 20 heavy (non-hydrogen) atoms. The van der Waals surface area contributed by atoms with Crippen molar-refractivity contribution >= 4 is 33.2 Å². The molecule has 3 nitrogen and oxygen atoms in total. The third-order valence-corrected chi connectivity index (χ3v) is 3.37. The third kappa shape index (κ3) is 4.62. The first-order valence-electron chi connectivity index (χ1n) is 6.21. The number of benzene rings is 2. The molecule has 0 bridgehead atoms. The highest BCUT2D eigenvalue weighted by Gasteiger charge is 2.02. The maximum absolute atomic E-state index is 6.03. The third-order valence-electron chi connectivity index (χ3n) is 2.57. The fourth-order valence-electron chi connectivity index (χ4n) is 1.62. The zero-order valence-corrected chi connectivity index (χ0v) is 13.2. The second-order valence-electron chi connectivity index (χ2n) is 4.20. The fourth-order valence-corrected chi connectivity index (χ4v) is 2.14. The summed E-state index contributed by atoms with van der Waals surface area (Å²) in [6.07, 6.45) is 0.762. The van der Waals surface area contributed by atoms with Crippen LogP contribution in [0.25, 0.3) is 0 Å². The highest BCUT2D eigenvalue weighted by Crippen LogP contribution is 2.27. The lowest BCUT2D eigenvalue weighted by Crippen LogP contribution is -2.05. The van der Waals surface area contributed by atoms with Gasteiger partial charge in [-0.25, -0.2) is 0 Å². The minimum Gasteiger partial charge on any atom is -0.493 e. The Bertz CT molecular complexity index is 578. The summed E-state index contributed by atoms with van der Waals surface area (Å²) in [7, 11) is 0. The summed E-state index contributed by atoms with van der Waals surface area (Å²) < 4.78 is 12.1. The molecular weight excluding hydrogens is 342 g/mol. The van der Waals surface area contributed by atoms with Crippen LogP contribution in [0.1, 0.15) is 6.42 Å². The van der Waals surface area contributed by atoms with Gasteiger partial charge in [-0.3, -0.25) is 0 Å². The van der Waals surface area contributed by atoms with Gasteiger partial charge in [0, 0.05) is 22.6 Å². The topological polar surface area (TPSA) is 44.5 Å². The molecule has 0 unspecified atom stereocenters. The molecule has 0 saturated heterocycles. The van der Waals surface area contributed by atoms with Gasteiger partial charge in [0.25, 0.3) is 0 Å². The van der Waals surface area contributed by atoms with E-state index in [-0.39, 0.29) is 0 Å². The maximum Gasteiger partial charge on any atom is 0.139 e. The van der Waals surface area contributed by atoms with Crippen LogP contribution in [0.4, 0.5) is 5.69 Å². The quantitative estimate of drug-likeness (QED) is 0.611. The van der Waals surface area contributed by atoms with Crippen molar-refractivity contribution in [3.05, 3.63) is 52.0 Å². The van der Waals surface area contributed by atoms with E-state index in [0.717, 1.165) is 16.6 Å². The SMILES string of the molecule is Nc1cccc(OCCCOc2cc(Br)ccc2Cl)c1. The second-order valence-corrected chi connectivity index (χ2v) is 5.52. The van der Waals surface area contributed by atoms with E-state index in [9.17, 15) is 0 Å². The highest BCUT2D eigenvalue weighted by atomic mass is 79.9. The molecule has 106 valence electrons. The molecule has 0 radical (unpaired) electrons. The van der Waals surface area contributed by atoms with E-state index in [1.165, 1.54) is 0 Å². The van der Waals surface area contributed by atoms with Crippen molar-refractivity contribution in [1.29, 1.82) is 0 Å². The number of nitrogens with two attached hydrogens (primary N) is 1. The summed E-state index contributed by atoms with van der Waals surface area (Å²) in [6.45, 7) is 1.10. The maximum atomic E-state index is 6.03. The first-order valence-corrected chi connectivity index (χ1v) is 7.38. The smallest absolute Gasteiger partial charge is 0.139 e. The Labute approximate surface area is 131 Å². The van der Waals surface area contributed by atoms with E-state index in [1.54, 1.807) is 12.1 Å². The first-order chi connectivity index (χ1) is 9.65. The van der Waals surface area contributed by atoms with Gasteiger partial charge in [0.2, 0.25) is 0 Å². The van der Waals surface area contributed by atoms with Crippen LogP contribution in [-0.2, 0) is 0 Å². The van der Waals surface area contributed by atoms with E-state index >= 15 is 0 Å². The Balaban J connectivity index is 1.73. The van der Waals surface area contributed by atoms with Crippen molar-refractivity contribution in [2.45, 2.75) is 6.42 Å². The lowest BCUT2D eigenvalue weighted by molar-refractivity contribution is 0.247. The molecule has 2 rings (SSSR count). The summed E-state index contributed by atoms with van der Waals surface area (Å²) in [4.78, 5) is 0. The van der Waals surface area contributed by atoms with Crippen molar-refractivity contribution in [2.75, 3.05) is 18.9 Å². The average molecular weight is 357 g/mol. The summed E-state index contributed by atoms with van der Waals surface area (Å²) in [5.41, 5.74) is 6.37. The van der Waals surface area contributed by atoms with Crippen LogP contribution in [-0.4, -0.2) is 13.2 Å². The zero-order chi connectivity index (χ0) is 14.4. The predicted octanol–water partition coefficient (Wildman–Crippen LogP) is 4.53. The van der Waals surface area contributed by atoms with Crippen LogP contribution in [0, 0.1) is 0 Å². The van der Waals surface area contributed by atoms with E-state index in [0.29, 0.717) is 29.7 Å². The van der Waals surface area contributed by atoms with Crippen molar-refractivity contribution in [1.82, 2.24) is 0 Å². The second kappa shape index (κ2) is 7.41. The Hall–Kier alpha value is -1.39. The minimum atomic E-state index is 0.540. The summed E-state index contributed by atoms with van der Waals surface area (Å²) in [5, 5.41) is 0.602. The van der Waals surface area contributed by atoms with Crippen molar-refractivity contribution in [3.63, 3.8) is 0 Å². The van der Waals surface area contributed by atoms with Crippen molar-refractivity contribution in [2.24, 2.45) is 0 Å². The van der Waals surface area contributed by atoms with Gasteiger partial charge in [-0.2, -0.15) is 0 Å². The molecule has 2 N–H and O–H groups in total. The van der Waals surface area contributed by atoms with E-state index in [4.69, 9.17) is 26.8 Å².